The van der Waals surface area contributed by atoms with Gasteiger partial charge in [-0.1, -0.05) is 41.9 Å². The molecule has 3 saturated heterocycles. The molecule has 2 aliphatic carbocycles. The van der Waals surface area contributed by atoms with E-state index in [9.17, 15) is 24.0 Å². The standard InChI is InChI=1S/C23H25N7O3.C19H18ClN5O2.C7H7NO2.C4H8N2O.C3H7N/c1-29-13-25-22(28-29)15-5-3-6-17(21(15)33-2)26-18-11-19(27-23(32)30-9-4-10-30)24-12-16(18)20(31)14-7-8-14;1-25-10-22-19(24-25)12-4-3-5-14(18(12)27-2)23-15-8-16(20)21-9-13(15)17(26)11-6-7-11;8-7(9)10-6-4-2-1-3-5-6;5-4(7)6-2-1-3-6;1-2-4-3-1/h3,5-6,11-14H,4,7-10H2,1-2H3,(H2,24,26,27,32);3-5,8-11H,6-7H2,1-2H3,(H,21,23);1-5H,(H2,8,9);1-3H2,(H2,5,7);4H,1-3H2. The fourth-order valence-corrected chi connectivity index (χ4v) is 8.15. The van der Waals surface area contributed by atoms with E-state index in [0.717, 1.165) is 75.8 Å². The summed E-state index contributed by atoms with van der Waals surface area (Å²) < 4.78 is 19.1. The van der Waals surface area contributed by atoms with Gasteiger partial charge in [-0.25, -0.2) is 34.3 Å². The van der Waals surface area contributed by atoms with Crippen LogP contribution >= 0.6 is 11.6 Å². The number of carbonyl (C=O) groups is 5. The van der Waals surface area contributed by atoms with Crippen LogP contribution in [0.15, 0.2) is 104 Å². The summed E-state index contributed by atoms with van der Waals surface area (Å²) in [4.78, 5) is 78.5. The molecule has 8 N–H and O–H groups in total. The minimum atomic E-state index is -0.786. The number of ether oxygens (including phenoxy) is 3. The number of pyridine rings is 2. The van der Waals surface area contributed by atoms with E-state index in [0.29, 0.717) is 73.7 Å². The maximum absolute atomic E-state index is 12.9. The lowest BCUT2D eigenvalue weighted by Crippen LogP contribution is -2.45. The molecule has 3 aromatic carbocycles. The monoisotopic (exact) mass is 1120 g/mol. The highest BCUT2D eigenvalue weighted by Gasteiger charge is 2.34. The first-order chi connectivity index (χ1) is 39.2. The van der Waals surface area contributed by atoms with E-state index in [4.69, 9.17) is 32.5 Å². The van der Waals surface area contributed by atoms with Gasteiger partial charge in [0.2, 0.25) is 0 Å². The molecule has 0 atom stereocenters. The predicted molar refractivity (Wildman–Crippen MR) is 305 cm³/mol. The molecule has 5 fully saturated rings. The van der Waals surface area contributed by atoms with Crippen LogP contribution in [-0.2, 0) is 14.1 Å². The van der Waals surface area contributed by atoms with E-state index in [1.807, 2.05) is 42.5 Å². The number of methoxy groups -OCH3 is 2. The number of Topliss-reactive ketones (excluding diaryl/α,β-unsaturated/α-hetero) is 2. The molecule has 25 heteroatoms. The van der Waals surface area contributed by atoms with Gasteiger partial charge < -0.3 is 51.4 Å². The fourth-order valence-electron chi connectivity index (χ4n) is 7.99. The van der Waals surface area contributed by atoms with Crippen LogP contribution in [0, 0.1) is 11.8 Å². The van der Waals surface area contributed by atoms with Crippen molar-refractivity contribution in [3.63, 3.8) is 0 Å². The number of anilines is 5. The molecule has 24 nitrogen and oxygen atoms in total. The van der Waals surface area contributed by atoms with Gasteiger partial charge >= 0.3 is 18.2 Å². The van der Waals surface area contributed by atoms with Crippen molar-refractivity contribution >= 4 is 69.9 Å². The number of carbonyl (C=O) groups excluding carboxylic acids is 5. The Bertz CT molecular complexity index is 3320. The first-order valence-corrected chi connectivity index (χ1v) is 26.7. The number of aryl methyl sites for hydroxylation is 2. The third kappa shape index (κ3) is 16.0. The predicted octanol–water partition coefficient (Wildman–Crippen LogP) is 8.23. The molecular formula is C56H65ClN16O8. The topological polar surface area (TPSA) is 307 Å². The number of hydrogen-bond acceptors (Lipinski definition) is 17. The van der Waals surface area contributed by atoms with Crippen molar-refractivity contribution in [1.82, 2.24) is 54.6 Å². The van der Waals surface area contributed by atoms with Crippen molar-refractivity contribution in [3.05, 3.63) is 120 Å². The van der Waals surface area contributed by atoms with E-state index in [1.54, 1.807) is 96.5 Å². The van der Waals surface area contributed by atoms with Crippen molar-refractivity contribution in [1.29, 1.82) is 0 Å². The van der Waals surface area contributed by atoms with E-state index >= 15 is 0 Å². The second-order valence-corrected chi connectivity index (χ2v) is 19.6. The van der Waals surface area contributed by atoms with Crippen molar-refractivity contribution < 1.29 is 38.2 Å². The minimum absolute atomic E-state index is 0.0276. The van der Waals surface area contributed by atoms with Gasteiger partial charge in [0.1, 0.15) is 29.4 Å². The van der Waals surface area contributed by atoms with E-state index in [2.05, 4.69) is 56.1 Å². The second-order valence-electron chi connectivity index (χ2n) is 19.2. The van der Waals surface area contributed by atoms with E-state index in [-0.39, 0.29) is 35.5 Å². The summed E-state index contributed by atoms with van der Waals surface area (Å²) in [5.41, 5.74) is 14.6. The minimum Gasteiger partial charge on any atom is -0.494 e. The second kappa shape index (κ2) is 27.6. The highest BCUT2D eigenvalue weighted by molar-refractivity contribution is 6.30. The molecule has 12 rings (SSSR count). The summed E-state index contributed by atoms with van der Waals surface area (Å²) in [6.07, 6.45) is 12.6. The largest absolute Gasteiger partial charge is 0.494 e. The maximum atomic E-state index is 12.9. The Morgan fingerprint density at radius 3 is 1.48 bits per heavy atom. The Morgan fingerprint density at radius 1 is 0.617 bits per heavy atom. The Morgan fingerprint density at radius 2 is 1.10 bits per heavy atom. The summed E-state index contributed by atoms with van der Waals surface area (Å²) >= 11 is 6.07. The zero-order chi connectivity index (χ0) is 57.4. The average Bonchev–Trinajstić information content (AvgIpc) is 4.56. The smallest absolute Gasteiger partial charge is 0.409 e. The lowest BCUT2D eigenvalue weighted by Gasteiger charge is -2.30. The zero-order valence-corrected chi connectivity index (χ0v) is 46.2. The number of halogens is 1. The summed E-state index contributed by atoms with van der Waals surface area (Å²) in [5.74, 6) is 3.32. The van der Waals surface area contributed by atoms with Gasteiger partial charge in [-0.2, -0.15) is 10.2 Å². The van der Waals surface area contributed by atoms with Crippen LogP contribution in [0.25, 0.3) is 22.8 Å². The molecule has 2 saturated carbocycles. The lowest BCUT2D eigenvalue weighted by atomic mass is 10.1. The number of amides is 5. The Labute approximate surface area is 472 Å². The van der Waals surface area contributed by atoms with Gasteiger partial charge in [0.25, 0.3) is 0 Å². The fraction of sp³-hybridized carbons (Fsp3) is 0.339. The zero-order valence-electron chi connectivity index (χ0n) is 45.4. The number of nitrogens with zero attached hydrogens (tertiary/aromatic N) is 10. The number of benzene rings is 3. The highest BCUT2D eigenvalue weighted by atomic mass is 35.5. The van der Waals surface area contributed by atoms with Crippen LogP contribution in [0.1, 0.15) is 65.7 Å². The molecule has 5 amide bonds. The highest BCUT2D eigenvalue weighted by Crippen LogP contribution is 2.41. The maximum Gasteiger partial charge on any atom is 0.409 e. The number of aromatic nitrogens is 8. The van der Waals surface area contributed by atoms with Gasteiger partial charge in [0.15, 0.2) is 34.7 Å². The number of likely N-dealkylation sites (tertiary alicyclic amines) is 2. The first-order valence-electron chi connectivity index (χ1n) is 26.4. The lowest BCUT2D eigenvalue weighted by molar-refractivity contribution is 0.0960. The Hall–Kier alpha value is -9.16. The molecule has 0 bridgehead atoms. The molecule has 0 radical (unpaired) electrons. The van der Waals surface area contributed by atoms with Crippen molar-refractivity contribution in [2.24, 2.45) is 37.4 Å². The van der Waals surface area contributed by atoms with E-state index < -0.39 is 6.09 Å². The van der Waals surface area contributed by atoms with E-state index in [1.165, 1.54) is 31.9 Å². The van der Waals surface area contributed by atoms with Crippen LogP contribution < -0.4 is 46.9 Å². The quantitative estimate of drug-likeness (QED) is 0.0441. The number of hydrogen-bond donors (Lipinski definition) is 6. The SMILES string of the molecule is C1CNC1.COc1c(Nc2cc(Cl)ncc2C(=O)C2CC2)cccc1-c1ncn(C)n1.COc1c(Nc2cc(NC(=O)N3CCC3)ncc2C(=O)C2CC2)cccc1-c1ncn(C)n1.NC(=O)N1CCC1.NC(=O)Oc1ccccc1. The Balaban J connectivity index is 0.000000158. The number of nitrogens with one attached hydrogen (secondary N) is 4. The summed E-state index contributed by atoms with van der Waals surface area (Å²) in [7, 11) is 6.77. The van der Waals surface area contributed by atoms with Gasteiger partial charge in [-0.3, -0.25) is 24.3 Å². The molecular weight excluding hydrogens is 1060 g/mol. The third-order valence-corrected chi connectivity index (χ3v) is 13.3. The van der Waals surface area contributed by atoms with Gasteiger partial charge in [0.05, 0.1) is 59.2 Å². The molecule has 3 aliphatic heterocycles. The summed E-state index contributed by atoms with van der Waals surface area (Å²) in [5, 5.41) is 21.6. The molecule has 5 aliphatic rings. The normalized spacial score (nSPS) is 14.5. The average molecular weight is 1130 g/mol. The number of primary amides is 2. The molecule has 7 heterocycles. The molecule has 7 aromatic rings. The molecule has 0 unspecified atom stereocenters. The van der Waals surface area contributed by atoms with Gasteiger partial charge in [0, 0.05) is 70.6 Å². The van der Waals surface area contributed by atoms with Crippen molar-refractivity contribution in [3.8, 4) is 40.0 Å². The molecule has 4 aromatic heterocycles. The Kier molecular flexibility index (Phi) is 19.8. The number of urea groups is 2. The molecule has 81 heavy (non-hydrogen) atoms. The number of para-hydroxylation sites is 3. The van der Waals surface area contributed by atoms with Gasteiger partial charge in [-0.05, 0) is 100 Å². The van der Waals surface area contributed by atoms with Crippen molar-refractivity contribution in [2.45, 2.75) is 44.9 Å². The number of ketones is 2. The molecule has 424 valence electrons. The summed E-state index contributed by atoms with van der Waals surface area (Å²) in [6, 6.07) is 22.8. The van der Waals surface area contributed by atoms with Crippen LogP contribution in [0.2, 0.25) is 5.15 Å². The van der Waals surface area contributed by atoms with Crippen LogP contribution in [0.5, 0.6) is 17.2 Å². The van der Waals surface area contributed by atoms with Crippen LogP contribution in [0.3, 0.4) is 0 Å². The number of rotatable bonds is 14. The first kappa shape index (κ1) is 58.0. The van der Waals surface area contributed by atoms with Crippen LogP contribution in [-0.4, -0.2) is 133 Å². The van der Waals surface area contributed by atoms with Gasteiger partial charge in [-0.15, -0.1) is 0 Å². The van der Waals surface area contributed by atoms with Crippen molar-refractivity contribution in [2.75, 3.05) is 69.4 Å². The molecule has 0 spiro atoms. The summed E-state index contributed by atoms with van der Waals surface area (Å²) in [6.45, 7) is 5.69. The number of nitrogens with two attached hydrogens (primary N) is 2. The third-order valence-electron chi connectivity index (χ3n) is 13.1. The van der Waals surface area contributed by atoms with Crippen LogP contribution in [0.4, 0.5) is 43.0 Å².